The van der Waals surface area contributed by atoms with Crippen LogP contribution < -0.4 is 19.6 Å². The lowest BCUT2D eigenvalue weighted by molar-refractivity contribution is 1.28. The van der Waals surface area contributed by atoms with Crippen LogP contribution in [0.3, 0.4) is 0 Å². The molecule has 0 N–H and O–H groups in total. The van der Waals surface area contributed by atoms with Crippen molar-refractivity contribution in [2.45, 2.75) is 27.7 Å². The molecule has 712 valence electrons. The first-order chi connectivity index (χ1) is 73.9. The molecule has 0 aliphatic rings. The Morgan fingerprint density at radius 2 is 0.240 bits per heavy atom. The molecule has 0 aromatic heterocycles. The van der Waals surface area contributed by atoms with Gasteiger partial charge in [-0.1, -0.05) is 447 Å². The SMILES string of the molecule is Cc1cc(C)cc(-c2ccc(-c3ccc(N(c4ccc(-c5ccccc5)cc4)c4ccc(-c5ccc(N(c6ccc(-c7ccccc7)cc6)c6ccc(-c7cc8ccccc8c8ccccc78)cc6)cc5)cc4)cc3)cc2)c1.Cc1cc(C)cc(-c2ccc(N(c3ccc(-c4ccccc4)cc3)c3ccc(-c4ccc(N(c5ccc(-c6ccccc6)cc5)c5ccc(-c6cc7ccccc7c7ccccc67)cc5)cc4)cc3)cc2)c1. The largest absolute Gasteiger partial charge is 0.311 e. The van der Waals surface area contributed by atoms with Crippen molar-refractivity contribution < 1.29 is 0 Å². The van der Waals surface area contributed by atoms with Crippen molar-refractivity contribution in [3.05, 3.63) is 605 Å². The second kappa shape index (κ2) is 41.8. The fourth-order valence-electron chi connectivity index (χ4n) is 21.6. The summed E-state index contributed by atoms with van der Waals surface area (Å²) in [5.74, 6) is 0. The summed E-state index contributed by atoms with van der Waals surface area (Å²) < 4.78 is 0. The molecule has 0 radical (unpaired) electrons. The van der Waals surface area contributed by atoms with Gasteiger partial charge >= 0.3 is 0 Å². The van der Waals surface area contributed by atoms with E-state index >= 15 is 0 Å². The quantitative estimate of drug-likeness (QED) is 0.0592. The van der Waals surface area contributed by atoms with Crippen LogP contribution in [-0.4, -0.2) is 0 Å². The van der Waals surface area contributed by atoms with Gasteiger partial charge in [0.15, 0.2) is 0 Å². The molecule has 25 aromatic carbocycles. The van der Waals surface area contributed by atoms with Crippen LogP contribution >= 0.6 is 0 Å². The van der Waals surface area contributed by atoms with Crippen LogP contribution in [0.5, 0.6) is 0 Å². The van der Waals surface area contributed by atoms with E-state index in [9.17, 15) is 0 Å². The van der Waals surface area contributed by atoms with Gasteiger partial charge in [-0.25, -0.2) is 0 Å². The van der Waals surface area contributed by atoms with Crippen LogP contribution in [0.1, 0.15) is 22.3 Å². The van der Waals surface area contributed by atoms with Gasteiger partial charge in [0.05, 0.1) is 0 Å². The number of anilines is 12. The van der Waals surface area contributed by atoms with Crippen molar-refractivity contribution in [1.82, 2.24) is 0 Å². The van der Waals surface area contributed by atoms with Gasteiger partial charge in [-0.3, -0.25) is 0 Å². The lowest BCUT2D eigenvalue weighted by Crippen LogP contribution is -2.10. The molecule has 0 aliphatic carbocycles. The van der Waals surface area contributed by atoms with Gasteiger partial charge in [0.1, 0.15) is 0 Å². The number of hydrogen-bond donors (Lipinski definition) is 0. The van der Waals surface area contributed by atoms with E-state index in [1.165, 1.54) is 165 Å². The number of hydrogen-bond acceptors (Lipinski definition) is 4. The highest BCUT2D eigenvalue weighted by atomic mass is 15.2. The fraction of sp³-hybridized carbons (Fsp3) is 0.0274. The van der Waals surface area contributed by atoms with Crippen molar-refractivity contribution in [2.75, 3.05) is 19.6 Å². The predicted molar refractivity (Wildman–Crippen MR) is 640 cm³/mol. The Kier molecular flexibility index (Phi) is 26.0. The van der Waals surface area contributed by atoms with E-state index < -0.39 is 0 Å². The van der Waals surface area contributed by atoms with E-state index in [1.54, 1.807) is 0 Å². The molecule has 25 rings (SSSR count). The van der Waals surface area contributed by atoms with Crippen molar-refractivity contribution in [1.29, 1.82) is 0 Å². The van der Waals surface area contributed by atoms with Crippen LogP contribution in [0.2, 0.25) is 0 Å². The zero-order chi connectivity index (χ0) is 101. The number of aryl methyl sites for hydroxylation is 4. The van der Waals surface area contributed by atoms with E-state index in [1.807, 2.05) is 0 Å². The molecule has 0 saturated carbocycles. The van der Waals surface area contributed by atoms with Crippen molar-refractivity contribution in [2.24, 2.45) is 0 Å². The smallest absolute Gasteiger partial charge is 0.0462 e. The van der Waals surface area contributed by atoms with Gasteiger partial charge in [0.25, 0.3) is 0 Å². The highest BCUT2D eigenvalue weighted by molar-refractivity contribution is 6.15. The van der Waals surface area contributed by atoms with Crippen LogP contribution in [0.25, 0.3) is 165 Å². The second-order valence-corrected chi connectivity index (χ2v) is 39.1. The molecule has 0 atom stereocenters. The summed E-state index contributed by atoms with van der Waals surface area (Å²) in [5.41, 5.74) is 44.5. The number of benzene rings is 25. The van der Waals surface area contributed by atoms with Crippen molar-refractivity contribution >= 4 is 111 Å². The summed E-state index contributed by atoms with van der Waals surface area (Å²) in [6, 6.07) is 212. The van der Waals surface area contributed by atoms with Gasteiger partial charge in [0.2, 0.25) is 0 Å². The van der Waals surface area contributed by atoms with Gasteiger partial charge < -0.3 is 19.6 Å². The Balaban J connectivity index is 0.000000160. The first kappa shape index (κ1) is 93.1. The average Bonchev–Trinajstić information content (AvgIpc) is 0.765. The Bertz CT molecular complexity index is 9020. The molecule has 4 nitrogen and oxygen atoms in total. The van der Waals surface area contributed by atoms with Crippen molar-refractivity contribution in [3.63, 3.8) is 0 Å². The Morgan fingerprint density at radius 3 is 0.433 bits per heavy atom. The highest BCUT2D eigenvalue weighted by Gasteiger charge is 2.23. The zero-order valence-corrected chi connectivity index (χ0v) is 84.2. The van der Waals surface area contributed by atoms with E-state index in [4.69, 9.17) is 0 Å². The molecule has 25 aromatic rings. The summed E-state index contributed by atoms with van der Waals surface area (Å²) in [6.07, 6.45) is 0. The molecular formula is C146H108N4. The van der Waals surface area contributed by atoms with E-state index in [2.05, 4.69) is 630 Å². The topological polar surface area (TPSA) is 13.0 Å². The summed E-state index contributed by atoms with van der Waals surface area (Å²) in [6.45, 7) is 8.66. The minimum atomic E-state index is 1.08. The summed E-state index contributed by atoms with van der Waals surface area (Å²) in [5, 5.41) is 10.1. The number of nitrogens with zero attached hydrogens (tertiary/aromatic N) is 4. The van der Waals surface area contributed by atoms with Gasteiger partial charge in [0, 0.05) is 68.2 Å². The lowest BCUT2D eigenvalue weighted by Gasteiger charge is -2.27. The first-order valence-corrected chi connectivity index (χ1v) is 51.7. The molecule has 0 bridgehead atoms. The molecule has 150 heavy (non-hydrogen) atoms. The minimum absolute atomic E-state index is 1.08. The zero-order valence-electron chi connectivity index (χ0n) is 84.2. The van der Waals surface area contributed by atoms with Crippen LogP contribution in [-0.2, 0) is 0 Å². The van der Waals surface area contributed by atoms with E-state index in [-0.39, 0.29) is 0 Å². The van der Waals surface area contributed by atoms with E-state index in [0.29, 0.717) is 0 Å². The van der Waals surface area contributed by atoms with Crippen LogP contribution in [0.15, 0.2) is 582 Å². The Morgan fingerprint density at radius 1 is 0.100 bits per heavy atom. The molecule has 4 heteroatoms. The maximum atomic E-state index is 2.36. The normalized spacial score (nSPS) is 11.2. The molecule has 0 amide bonds. The molecule has 0 spiro atoms. The number of rotatable bonds is 23. The minimum Gasteiger partial charge on any atom is -0.311 e. The molecule has 0 fully saturated rings. The Labute approximate surface area is 879 Å². The van der Waals surface area contributed by atoms with Crippen LogP contribution in [0, 0.1) is 27.7 Å². The third-order valence-electron chi connectivity index (χ3n) is 29.1. The fourth-order valence-corrected chi connectivity index (χ4v) is 21.6. The molecule has 0 unspecified atom stereocenters. The first-order valence-electron chi connectivity index (χ1n) is 51.7. The lowest BCUT2D eigenvalue weighted by atomic mass is 9.93. The number of fused-ring (bicyclic) bond motifs is 6. The molecule has 0 aliphatic heterocycles. The maximum Gasteiger partial charge on any atom is 0.0462 e. The van der Waals surface area contributed by atoms with Crippen LogP contribution in [0.4, 0.5) is 68.2 Å². The molecular weight excluding hydrogens is 1810 g/mol. The standard InChI is InChI=1S/C76H56N2.C70H52N2/c1-53-49-54(2)51-66(50-53)63-23-21-57(22-24-63)60-29-41-69(42-30-60)77(67-37-25-58(26-38-67)55-13-5-3-6-14-55)70-43-31-61(32-44-70)62-33-45-71(46-34-62)78(68-39-27-59(28-40-68)56-15-7-4-8-16-56)72-47-35-64(36-48-72)76-52-65-17-9-10-18-73(65)74-19-11-12-20-75(74)76;1-49-45-50(2)47-60(46-49)57-29-41-65(42-30-57)71(61-33-21-53(22-34-61)51-13-5-3-6-14-51)63-37-25-55(26-38-63)56-27-39-64(40-28-56)72(62-35-23-54(24-36-62)52-15-7-4-8-16-52)66-43-31-58(32-44-66)70-48-59-17-9-10-18-67(59)68-19-11-12-20-69(68)70/h3-52H,1-2H3;3-48H,1-2H3. The third-order valence-corrected chi connectivity index (χ3v) is 29.1. The van der Waals surface area contributed by atoms with Gasteiger partial charge in [-0.2, -0.15) is 0 Å². The molecule has 0 saturated heterocycles. The monoisotopic (exact) mass is 1920 g/mol. The summed E-state index contributed by atoms with van der Waals surface area (Å²) in [4.78, 5) is 9.42. The predicted octanol–water partition coefficient (Wildman–Crippen LogP) is 41.4. The van der Waals surface area contributed by atoms with Gasteiger partial charge in [-0.05, 0) is 351 Å². The van der Waals surface area contributed by atoms with Gasteiger partial charge in [-0.15, -0.1) is 0 Å². The maximum absolute atomic E-state index is 2.36. The Hall–Kier alpha value is -19.3. The van der Waals surface area contributed by atoms with E-state index in [0.717, 1.165) is 90.5 Å². The summed E-state index contributed by atoms with van der Waals surface area (Å²) in [7, 11) is 0. The third kappa shape index (κ3) is 19.7. The second-order valence-electron chi connectivity index (χ2n) is 39.1. The average molecular weight is 1920 g/mol. The van der Waals surface area contributed by atoms with Crippen molar-refractivity contribution in [3.8, 4) is 122 Å². The molecule has 0 heterocycles. The highest BCUT2D eigenvalue weighted by Crippen LogP contribution is 2.48. The summed E-state index contributed by atoms with van der Waals surface area (Å²) >= 11 is 0.